The van der Waals surface area contributed by atoms with E-state index in [2.05, 4.69) is 25.7 Å². The highest BCUT2D eigenvalue weighted by molar-refractivity contribution is 5.99. The fourth-order valence-electron chi connectivity index (χ4n) is 5.11. The summed E-state index contributed by atoms with van der Waals surface area (Å²) in [6.07, 6.45) is 2.42. The number of carbonyl (C=O) groups is 2. The number of hydrazone groups is 1. The van der Waals surface area contributed by atoms with Crippen molar-refractivity contribution in [2.24, 2.45) is 5.10 Å². The van der Waals surface area contributed by atoms with Crippen molar-refractivity contribution in [1.82, 2.24) is 20.6 Å². The molecule has 12 heteroatoms. The molecule has 2 atom stereocenters. The summed E-state index contributed by atoms with van der Waals surface area (Å²) in [5.74, 6) is -0.128. The Morgan fingerprint density at radius 2 is 1.91 bits per heavy atom. The van der Waals surface area contributed by atoms with E-state index in [1.54, 1.807) is 43.5 Å². The molecule has 2 amide bonds. The summed E-state index contributed by atoms with van der Waals surface area (Å²) in [5, 5.41) is 21.1. The van der Waals surface area contributed by atoms with Crippen molar-refractivity contribution in [3.05, 3.63) is 107 Å². The molecule has 5 rings (SSSR count). The van der Waals surface area contributed by atoms with E-state index < -0.39 is 24.3 Å². The topological polar surface area (TPSA) is 135 Å². The number of fused-ring (bicyclic) bond motifs is 1. The number of para-hydroxylation sites is 1. The number of halogens is 1. The van der Waals surface area contributed by atoms with Crippen molar-refractivity contribution in [2.45, 2.75) is 32.7 Å². The number of hydrogen-bond acceptors (Lipinski definition) is 8. The number of rotatable bonds is 12. The summed E-state index contributed by atoms with van der Waals surface area (Å²) in [4.78, 5) is 24.6. The predicted molar refractivity (Wildman–Crippen MR) is 166 cm³/mol. The second kappa shape index (κ2) is 14.0. The van der Waals surface area contributed by atoms with Crippen molar-refractivity contribution < 1.29 is 33.3 Å². The van der Waals surface area contributed by atoms with Gasteiger partial charge < -0.3 is 34.5 Å². The molecule has 4 aromatic rings. The van der Waals surface area contributed by atoms with Gasteiger partial charge in [0.25, 0.3) is 0 Å². The van der Waals surface area contributed by atoms with Gasteiger partial charge in [-0.1, -0.05) is 36.4 Å². The van der Waals surface area contributed by atoms with E-state index in [1.165, 1.54) is 19.2 Å². The minimum absolute atomic E-state index is 0.153. The molecule has 45 heavy (non-hydrogen) atoms. The largest absolute Gasteiger partial charge is 0.490 e. The van der Waals surface area contributed by atoms with Gasteiger partial charge in [0.15, 0.2) is 17.7 Å². The molecule has 0 saturated carbocycles. The first kappa shape index (κ1) is 31.1. The number of hydrogen-bond donors (Lipinski definition) is 4. The lowest BCUT2D eigenvalue weighted by Gasteiger charge is -2.28. The molecular weight excluding hydrogens is 581 g/mol. The van der Waals surface area contributed by atoms with Gasteiger partial charge in [-0.25, -0.2) is 14.0 Å². The Morgan fingerprint density at radius 3 is 2.67 bits per heavy atom. The van der Waals surface area contributed by atoms with Crippen molar-refractivity contribution in [1.29, 1.82) is 0 Å². The Balaban J connectivity index is 1.25. The van der Waals surface area contributed by atoms with Crippen LogP contribution in [-0.2, 0) is 16.1 Å². The Kier molecular flexibility index (Phi) is 9.64. The number of urea groups is 1. The van der Waals surface area contributed by atoms with Crippen LogP contribution in [0.5, 0.6) is 11.5 Å². The smallest absolute Gasteiger partial charge is 0.337 e. The Labute approximate surface area is 259 Å². The molecule has 1 aliphatic heterocycles. The fourth-order valence-corrected chi connectivity index (χ4v) is 5.11. The van der Waals surface area contributed by atoms with Crippen LogP contribution in [0.2, 0.25) is 0 Å². The number of ether oxygens (including phenoxy) is 3. The van der Waals surface area contributed by atoms with Crippen LogP contribution in [0.4, 0.5) is 9.18 Å². The van der Waals surface area contributed by atoms with Crippen LogP contribution in [0.25, 0.3) is 10.9 Å². The van der Waals surface area contributed by atoms with Crippen LogP contribution in [0.15, 0.2) is 89.3 Å². The van der Waals surface area contributed by atoms with Crippen LogP contribution in [0.1, 0.15) is 36.6 Å². The van der Waals surface area contributed by atoms with Gasteiger partial charge in [-0.3, -0.25) is 5.43 Å². The van der Waals surface area contributed by atoms with Crippen molar-refractivity contribution >= 4 is 29.1 Å². The predicted octanol–water partition coefficient (Wildman–Crippen LogP) is 4.35. The number of esters is 1. The minimum Gasteiger partial charge on any atom is -0.490 e. The maximum Gasteiger partial charge on any atom is 0.337 e. The molecule has 0 spiro atoms. The fraction of sp³-hybridized carbons (Fsp3) is 0.242. The van der Waals surface area contributed by atoms with E-state index in [1.807, 2.05) is 37.4 Å². The van der Waals surface area contributed by atoms with E-state index in [9.17, 15) is 19.1 Å². The maximum absolute atomic E-state index is 13.4. The molecule has 0 fully saturated rings. The zero-order valence-electron chi connectivity index (χ0n) is 25.0. The number of aliphatic hydroxyl groups excluding tert-OH is 1. The number of methoxy groups -OCH3 is 1. The molecular formula is C33H34FN5O6. The average Bonchev–Trinajstić information content (AvgIpc) is 3.37. The van der Waals surface area contributed by atoms with E-state index in [4.69, 9.17) is 14.2 Å². The van der Waals surface area contributed by atoms with Gasteiger partial charge in [-0.2, -0.15) is 5.10 Å². The lowest BCUT2D eigenvalue weighted by atomic mass is 9.95. The van der Waals surface area contributed by atoms with Crippen molar-refractivity contribution in [3.63, 3.8) is 0 Å². The Morgan fingerprint density at radius 1 is 1.13 bits per heavy atom. The number of amides is 2. The highest BCUT2D eigenvalue weighted by atomic mass is 19.1. The second-order valence-electron chi connectivity index (χ2n) is 10.3. The van der Waals surface area contributed by atoms with Gasteiger partial charge in [-0.15, -0.1) is 0 Å². The van der Waals surface area contributed by atoms with Crippen LogP contribution < -0.4 is 25.5 Å². The van der Waals surface area contributed by atoms with E-state index in [-0.39, 0.29) is 18.0 Å². The molecule has 0 aliphatic carbocycles. The third-order valence-corrected chi connectivity index (χ3v) is 7.18. The van der Waals surface area contributed by atoms with Crippen LogP contribution in [0.3, 0.4) is 0 Å². The SMILES string of the molecule is CCOc1cc([C@@H]2NC(=O)NC(C)=C2C(=O)OC)ccc1OC[C@H](O)N/N=C\c1cn(Cc2ccc(F)cc2)c2ccccc12. The van der Waals surface area contributed by atoms with Crippen molar-refractivity contribution in [2.75, 3.05) is 20.3 Å². The van der Waals surface area contributed by atoms with Crippen LogP contribution in [-0.4, -0.2) is 54.4 Å². The Hall–Kier alpha value is -5.36. The molecule has 1 aliphatic rings. The lowest BCUT2D eigenvalue weighted by Crippen LogP contribution is -2.45. The van der Waals surface area contributed by atoms with Crippen LogP contribution >= 0.6 is 0 Å². The first-order valence-corrected chi connectivity index (χ1v) is 14.3. The summed E-state index contributed by atoms with van der Waals surface area (Å²) < 4.78 is 31.9. The van der Waals surface area contributed by atoms with E-state index in [0.29, 0.717) is 35.9 Å². The van der Waals surface area contributed by atoms with Crippen LogP contribution in [0, 0.1) is 5.82 Å². The van der Waals surface area contributed by atoms with Crippen molar-refractivity contribution in [3.8, 4) is 11.5 Å². The highest BCUT2D eigenvalue weighted by Gasteiger charge is 2.32. The lowest BCUT2D eigenvalue weighted by molar-refractivity contribution is -0.136. The quantitative estimate of drug-likeness (QED) is 0.0806. The first-order valence-electron chi connectivity index (χ1n) is 14.3. The third kappa shape index (κ3) is 7.24. The molecule has 4 N–H and O–H groups in total. The molecule has 1 aromatic heterocycles. The number of nitrogens with one attached hydrogen (secondary N) is 3. The highest BCUT2D eigenvalue weighted by Crippen LogP contribution is 2.35. The van der Waals surface area contributed by atoms with E-state index >= 15 is 0 Å². The molecule has 0 unspecified atom stereocenters. The van der Waals surface area contributed by atoms with Gasteiger partial charge in [0.2, 0.25) is 0 Å². The molecule has 0 radical (unpaired) electrons. The Bertz CT molecular complexity index is 1750. The molecule has 3 aromatic carbocycles. The molecule has 0 saturated heterocycles. The molecule has 11 nitrogen and oxygen atoms in total. The summed E-state index contributed by atoms with van der Waals surface area (Å²) in [6.45, 7) is 4.18. The first-order chi connectivity index (χ1) is 21.8. The standard InChI is InChI=1S/C33H34FN5O6/c1-4-44-28-15-22(31-30(32(41)43-3)20(2)36-33(42)37-31)11-14-27(28)45-19-29(40)38-35-16-23-18-39(26-8-6-5-7-25(23)26)17-21-9-12-24(34)13-10-21/h5-16,18,29,31,38,40H,4,17,19H2,1-3H3,(H2,36,37,42)/b35-16-/t29-,31-/m0/s1. The third-order valence-electron chi connectivity index (χ3n) is 7.18. The second-order valence-corrected chi connectivity index (χ2v) is 10.3. The molecule has 234 valence electrons. The van der Waals surface area contributed by atoms with Gasteiger partial charge in [0, 0.05) is 34.9 Å². The van der Waals surface area contributed by atoms with Gasteiger partial charge >= 0.3 is 12.0 Å². The zero-order chi connectivity index (χ0) is 31.9. The molecule has 2 heterocycles. The number of aromatic nitrogens is 1. The van der Waals surface area contributed by atoms with E-state index in [0.717, 1.165) is 22.0 Å². The van der Waals surface area contributed by atoms with Gasteiger partial charge in [-0.05, 0) is 55.3 Å². The summed E-state index contributed by atoms with van der Waals surface area (Å²) in [5.41, 5.74) is 6.71. The monoisotopic (exact) mass is 615 g/mol. The zero-order valence-corrected chi connectivity index (χ0v) is 25.0. The summed E-state index contributed by atoms with van der Waals surface area (Å²) in [7, 11) is 1.27. The number of nitrogens with zero attached hydrogens (tertiary/aromatic N) is 2. The maximum atomic E-state index is 13.4. The van der Waals surface area contributed by atoms with Gasteiger partial charge in [0.05, 0.1) is 31.5 Å². The summed E-state index contributed by atoms with van der Waals surface area (Å²) >= 11 is 0. The number of aliphatic hydroxyl groups is 1. The average molecular weight is 616 g/mol. The number of benzene rings is 3. The summed E-state index contributed by atoms with van der Waals surface area (Å²) in [6, 6.07) is 18.1. The van der Waals surface area contributed by atoms with Gasteiger partial charge in [0.1, 0.15) is 12.4 Å². The molecule has 0 bridgehead atoms. The minimum atomic E-state index is -1.15. The normalized spacial score (nSPS) is 15.5. The number of carbonyl (C=O) groups excluding carboxylic acids is 2. The number of allylic oxidation sites excluding steroid dienone is 1.